The summed E-state index contributed by atoms with van der Waals surface area (Å²) in [6.45, 7) is 7.10. The molecule has 0 saturated heterocycles. The van der Waals surface area contributed by atoms with Crippen LogP contribution in [-0.4, -0.2) is 24.7 Å². The summed E-state index contributed by atoms with van der Waals surface area (Å²) in [5, 5.41) is 11.0. The third-order valence-electron chi connectivity index (χ3n) is 5.97. The second kappa shape index (κ2) is 8.65. The largest absolute Gasteiger partial charge is 0.309 e. The molecule has 0 fully saturated rings. The first-order chi connectivity index (χ1) is 15.4. The van der Waals surface area contributed by atoms with Gasteiger partial charge in [-0.1, -0.05) is 42.4 Å². The Morgan fingerprint density at radius 1 is 1.38 bits per heavy atom. The van der Waals surface area contributed by atoms with Crippen molar-refractivity contribution in [2.45, 2.75) is 57.0 Å². The van der Waals surface area contributed by atoms with E-state index >= 15 is 0 Å². The Labute approximate surface area is 199 Å². The number of aryl methyl sites for hydroxylation is 1. The van der Waals surface area contributed by atoms with Crippen molar-refractivity contribution in [2.24, 2.45) is 5.92 Å². The lowest BCUT2D eigenvalue weighted by Crippen LogP contribution is -2.15. The third-order valence-corrected chi connectivity index (χ3v) is 8.44. The van der Waals surface area contributed by atoms with Crippen LogP contribution in [0, 0.1) is 5.92 Å². The highest BCUT2D eigenvalue weighted by Crippen LogP contribution is 2.38. The monoisotopic (exact) mass is 485 g/mol. The summed E-state index contributed by atoms with van der Waals surface area (Å²) in [6, 6.07) is 7.62. The average Bonchev–Trinajstić information content (AvgIpc) is 3.33. The fourth-order valence-electron chi connectivity index (χ4n) is 4.27. The molecule has 3 heterocycles. The van der Waals surface area contributed by atoms with E-state index in [4.69, 9.17) is 16.6 Å². The van der Waals surface area contributed by atoms with Gasteiger partial charge < -0.3 is 9.55 Å². The maximum Gasteiger partial charge on any atom is 0.259 e. The zero-order valence-corrected chi connectivity index (χ0v) is 20.6. The molecule has 4 aromatic rings. The van der Waals surface area contributed by atoms with Gasteiger partial charge in [0.1, 0.15) is 10.7 Å². The fourth-order valence-corrected chi connectivity index (χ4v) is 6.83. The van der Waals surface area contributed by atoms with E-state index in [0.29, 0.717) is 16.8 Å². The maximum atomic E-state index is 13.0. The van der Waals surface area contributed by atoms with Crippen LogP contribution in [0.15, 0.2) is 34.2 Å². The lowest BCUT2D eigenvalue weighted by atomic mass is 9.89. The van der Waals surface area contributed by atoms with Crippen LogP contribution in [0.25, 0.3) is 21.6 Å². The Bertz CT molecular complexity index is 1360. The van der Waals surface area contributed by atoms with Crippen molar-refractivity contribution in [3.8, 4) is 11.4 Å². The highest BCUT2D eigenvalue weighted by Gasteiger charge is 2.24. The topological polar surface area (TPSA) is 76.5 Å². The molecule has 1 aromatic carbocycles. The summed E-state index contributed by atoms with van der Waals surface area (Å²) in [7, 11) is 0. The Kier molecular flexibility index (Phi) is 5.86. The zero-order chi connectivity index (χ0) is 22.4. The van der Waals surface area contributed by atoms with E-state index in [0.717, 1.165) is 52.6 Å². The van der Waals surface area contributed by atoms with Crippen LogP contribution in [-0.2, 0) is 19.4 Å². The van der Waals surface area contributed by atoms with E-state index < -0.39 is 0 Å². The molecular weight excluding hydrogens is 462 g/mol. The van der Waals surface area contributed by atoms with Gasteiger partial charge in [0, 0.05) is 22.0 Å². The molecule has 0 spiro atoms. The molecule has 2 atom stereocenters. The second-order valence-corrected chi connectivity index (χ2v) is 11.1. The molecule has 0 saturated carbocycles. The van der Waals surface area contributed by atoms with Crippen molar-refractivity contribution in [1.82, 2.24) is 24.7 Å². The Morgan fingerprint density at radius 2 is 2.22 bits per heavy atom. The number of hydrogen-bond acceptors (Lipinski definition) is 6. The molecule has 1 aliphatic rings. The van der Waals surface area contributed by atoms with E-state index in [2.05, 4.69) is 33.6 Å². The minimum atomic E-state index is -0.0770. The smallest absolute Gasteiger partial charge is 0.259 e. The van der Waals surface area contributed by atoms with Gasteiger partial charge in [0.05, 0.1) is 10.6 Å². The predicted molar refractivity (Wildman–Crippen MR) is 132 cm³/mol. The number of nitrogens with one attached hydrogen (secondary N) is 1. The molecule has 2 unspecified atom stereocenters. The van der Waals surface area contributed by atoms with E-state index in [1.54, 1.807) is 23.1 Å². The number of thioether (sulfide) groups is 1. The normalized spacial score (nSPS) is 16.9. The molecule has 166 valence electrons. The van der Waals surface area contributed by atoms with Crippen LogP contribution in [0.3, 0.4) is 0 Å². The molecule has 3 aromatic heterocycles. The van der Waals surface area contributed by atoms with Crippen molar-refractivity contribution in [3.63, 3.8) is 0 Å². The maximum absolute atomic E-state index is 13.0. The molecule has 0 aliphatic heterocycles. The summed E-state index contributed by atoms with van der Waals surface area (Å²) in [5.74, 6) is 2.12. The molecule has 9 heteroatoms. The van der Waals surface area contributed by atoms with Crippen LogP contribution in [0.1, 0.15) is 48.7 Å². The van der Waals surface area contributed by atoms with Gasteiger partial charge >= 0.3 is 0 Å². The van der Waals surface area contributed by atoms with E-state index in [-0.39, 0.29) is 10.8 Å². The molecule has 1 N–H and O–H groups in total. The first-order valence-corrected chi connectivity index (χ1v) is 12.9. The Balaban J connectivity index is 1.47. The van der Waals surface area contributed by atoms with Crippen LogP contribution in [0.2, 0.25) is 5.02 Å². The molecule has 32 heavy (non-hydrogen) atoms. The Morgan fingerprint density at radius 3 is 3.00 bits per heavy atom. The van der Waals surface area contributed by atoms with Gasteiger partial charge in [-0.2, -0.15) is 0 Å². The number of aromatic nitrogens is 5. The number of nitrogens with zero attached hydrogens (tertiary/aromatic N) is 4. The van der Waals surface area contributed by atoms with Crippen molar-refractivity contribution in [1.29, 1.82) is 0 Å². The number of thiophene rings is 1. The minimum absolute atomic E-state index is 0.0268. The van der Waals surface area contributed by atoms with E-state index in [1.165, 1.54) is 10.4 Å². The summed E-state index contributed by atoms with van der Waals surface area (Å²) in [6.07, 6.45) is 3.14. The standard InChI is InChI=1S/C23H24ClN5OS2/c1-4-29-20(14-6-5-7-15(24)11-14)27-28-23(29)31-13(3)19-25-21(30)18-16-9-8-12(2)10-17(16)32-22(18)26-19/h5-7,11-13H,4,8-10H2,1-3H3,(H,25,26,30). The summed E-state index contributed by atoms with van der Waals surface area (Å²) in [4.78, 5) is 23.1. The van der Waals surface area contributed by atoms with Crippen molar-refractivity contribution in [3.05, 3.63) is 55.9 Å². The highest BCUT2D eigenvalue weighted by atomic mass is 35.5. The number of aromatic amines is 1. The SMILES string of the molecule is CCn1c(SC(C)c2nc3sc4c(c3c(=O)[nH]2)CCC(C)C4)nnc1-c1cccc(Cl)c1. The molecular formula is C23H24ClN5OS2. The summed E-state index contributed by atoms with van der Waals surface area (Å²) >= 11 is 9.39. The Hall–Kier alpha value is -2.16. The van der Waals surface area contributed by atoms with Crippen molar-refractivity contribution < 1.29 is 0 Å². The van der Waals surface area contributed by atoms with Crippen LogP contribution in [0.5, 0.6) is 0 Å². The van der Waals surface area contributed by atoms with Gasteiger partial charge in [-0.15, -0.1) is 21.5 Å². The lowest BCUT2D eigenvalue weighted by molar-refractivity contribution is 0.509. The fraction of sp³-hybridized carbons (Fsp3) is 0.391. The van der Waals surface area contributed by atoms with Crippen LogP contribution >= 0.6 is 34.7 Å². The van der Waals surface area contributed by atoms with Crippen molar-refractivity contribution in [2.75, 3.05) is 0 Å². The number of fused-ring (bicyclic) bond motifs is 3. The number of H-pyrrole nitrogens is 1. The zero-order valence-electron chi connectivity index (χ0n) is 18.2. The number of halogens is 1. The highest BCUT2D eigenvalue weighted by molar-refractivity contribution is 7.99. The molecule has 6 nitrogen and oxygen atoms in total. The molecule has 0 amide bonds. The first kappa shape index (κ1) is 21.7. The van der Waals surface area contributed by atoms with Gasteiger partial charge in [0.2, 0.25) is 0 Å². The van der Waals surface area contributed by atoms with Crippen molar-refractivity contribution >= 4 is 44.9 Å². The van der Waals surface area contributed by atoms with Gasteiger partial charge in [-0.25, -0.2) is 4.98 Å². The second-order valence-electron chi connectivity index (χ2n) is 8.30. The number of benzene rings is 1. The van der Waals surface area contributed by atoms with Crippen LogP contribution < -0.4 is 5.56 Å². The molecule has 5 rings (SSSR count). The quantitative estimate of drug-likeness (QED) is 0.356. The number of hydrogen-bond donors (Lipinski definition) is 1. The lowest BCUT2D eigenvalue weighted by Gasteiger charge is -2.17. The van der Waals surface area contributed by atoms with E-state index in [1.807, 2.05) is 31.2 Å². The number of rotatable bonds is 5. The predicted octanol–water partition coefficient (Wildman–Crippen LogP) is 5.89. The van der Waals surface area contributed by atoms with Gasteiger partial charge in [0.15, 0.2) is 11.0 Å². The van der Waals surface area contributed by atoms with Gasteiger partial charge in [0.25, 0.3) is 5.56 Å². The van der Waals surface area contributed by atoms with Crippen LogP contribution in [0.4, 0.5) is 0 Å². The first-order valence-electron chi connectivity index (χ1n) is 10.8. The van der Waals surface area contributed by atoms with Gasteiger partial charge in [-0.05, 0) is 56.7 Å². The minimum Gasteiger partial charge on any atom is -0.309 e. The molecule has 0 bridgehead atoms. The summed E-state index contributed by atoms with van der Waals surface area (Å²) in [5.41, 5.74) is 2.11. The molecule has 0 radical (unpaired) electrons. The average molecular weight is 486 g/mol. The van der Waals surface area contributed by atoms with Gasteiger partial charge in [-0.3, -0.25) is 4.79 Å². The third kappa shape index (κ3) is 3.89. The summed E-state index contributed by atoms with van der Waals surface area (Å²) < 4.78 is 2.06. The van der Waals surface area contributed by atoms with E-state index in [9.17, 15) is 4.79 Å². The molecule has 1 aliphatic carbocycles.